The molecule has 0 saturated heterocycles. The molecule has 2 rings (SSSR count). The Bertz CT molecular complexity index is 624. The van der Waals surface area contributed by atoms with Gasteiger partial charge >= 0.3 is 5.97 Å². The Balaban J connectivity index is 2.34. The van der Waals surface area contributed by atoms with Gasteiger partial charge in [0.2, 0.25) is 0 Å². The van der Waals surface area contributed by atoms with Gasteiger partial charge in [0.25, 0.3) is 0 Å². The van der Waals surface area contributed by atoms with Gasteiger partial charge in [-0.05, 0) is 23.3 Å². The molecule has 0 saturated carbocycles. The lowest BCUT2D eigenvalue weighted by Gasteiger charge is -2.36. The second-order valence-corrected chi connectivity index (χ2v) is 7.89. The summed E-state index contributed by atoms with van der Waals surface area (Å²) in [6, 6.07) is 9.85. The van der Waals surface area contributed by atoms with Crippen molar-refractivity contribution in [1.29, 1.82) is 0 Å². The molecule has 0 bridgehead atoms. The molecule has 0 N–H and O–H groups in total. The van der Waals surface area contributed by atoms with Crippen LogP contribution in [-0.2, 0) is 16.1 Å². The van der Waals surface area contributed by atoms with Crippen molar-refractivity contribution < 1.29 is 9.53 Å². The zero-order valence-electron chi connectivity index (χ0n) is 16.4. The molecule has 1 aliphatic rings. The number of allylic oxidation sites excluding steroid dienone is 2. The van der Waals surface area contributed by atoms with Crippen molar-refractivity contribution in [2.24, 2.45) is 23.2 Å². The van der Waals surface area contributed by atoms with Crippen molar-refractivity contribution in [2.45, 2.75) is 48.1 Å². The first-order chi connectivity index (χ1) is 11.8. The highest BCUT2D eigenvalue weighted by Crippen LogP contribution is 2.43. The second-order valence-electron chi connectivity index (χ2n) is 7.89. The summed E-state index contributed by atoms with van der Waals surface area (Å²) in [4.78, 5) is 13.1. The standard InChI is InChI=1S/C23H31O2/c1-16(2)20-12-21(17(3)4)14-23(13-20,18(5)6)22(24)25-15-19-10-8-7-9-11-19/h7-14,16-18H,15H2,1-6H3. The first kappa shape index (κ1) is 19.5. The molecular weight excluding hydrogens is 308 g/mol. The van der Waals surface area contributed by atoms with E-state index in [9.17, 15) is 4.79 Å². The van der Waals surface area contributed by atoms with Crippen LogP contribution in [0, 0.1) is 29.6 Å². The summed E-state index contributed by atoms with van der Waals surface area (Å²) in [5, 5.41) is 0. The minimum atomic E-state index is -0.692. The van der Waals surface area contributed by atoms with Crippen LogP contribution in [0.1, 0.15) is 47.1 Å². The van der Waals surface area contributed by atoms with E-state index < -0.39 is 5.41 Å². The fourth-order valence-corrected chi connectivity index (χ4v) is 3.07. The SMILES string of the molecule is CC(C)C1=CC(C(=O)OCc2ccccc2)(C(C)C)C=C(C(C)C)[CH]1. The highest BCUT2D eigenvalue weighted by atomic mass is 16.5. The van der Waals surface area contributed by atoms with E-state index in [1.165, 1.54) is 11.1 Å². The van der Waals surface area contributed by atoms with Crippen LogP contribution in [0.25, 0.3) is 0 Å². The average molecular weight is 339 g/mol. The van der Waals surface area contributed by atoms with Gasteiger partial charge in [0.15, 0.2) is 0 Å². The number of carbonyl (C=O) groups is 1. The van der Waals surface area contributed by atoms with Gasteiger partial charge in [-0.1, -0.05) is 95.2 Å². The van der Waals surface area contributed by atoms with Crippen molar-refractivity contribution in [1.82, 2.24) is 0 Å². The largest absolute Gasteiger partial charge is 0.460 e. The van der Waals surface area contributed by atoms with Crippen molar-refractivity contribution >= 4 is 5.97 Å². The maximum absolute atomic E-state index is 13.1. The first-order valence-electron chi connectivity index (χ1n) is 9.27. The Kier molecular flexibility index (Phi) is 6.26. The maximum Gasteiger partial charge on any atom is 0.320 e. The second kappa shape index (κ2) is 8.03. The highest BCUT2D eigenvalue weighted by Gasteiger charge is 2.42. The maximum atomic E-state index is 13.1. The van der Waals surface area contributed by atoms with Crippen LogP contribution in [0.3, 0.4) is 0 Å². The molecule has 0 aliphatic heterocycles. The van der Waals surface area contributed by atoms with Gasteiger partial charge in [0.05, 0.1) is 0 Å². The van der Waals surface area contributed by atoms with Crippen molar-refractivity contribution in [3.63, 3.8) is 0 Å². The Morgan fingerprint density at radius 2 is 1.44 bits per heavy atom. The van der Waals surface area contributed by atoms with E-state index in [2.05, 4.69) is 60.1 Å². The number of ether oxygens (including phenoxy) is 1. The normalized spacial score (nSPS) is 16.8. The quantitative estimate of drug-likeness (QED) is 0.616. The van der Waals surface area contributed by atoms with E-state index >= 15 is 0 Å². The first-order valence-corrected chi connectivity index (χ1v) is 9.27. The van der Waals surface area contributed by atoms with E-state index in [4.69, 9.17) is 4.74 Å². The molecule has 2 nitrogen and oxygen atoms in total. The number of benzene rings is 1. The molecule has 0 fully saturated rings. The number of hydrogen-bond donors (Lipinski definition) is 0. The van der Waals surface area contributed by atoms with Crippen molar-refractivity contribution in [3.05, 3.63) is 65.6 Å². The van der Waals surface area contributed by atoms with Gasteiger partial charge in [-0.2, -0.15) is 0 Å². The summed E-state index contributed by atoms with van der Waals surface area (Å²) in [6.07, 6.45) is 6.49. The van der Waals surface area contributed by atoms with Crippen molar-refractivity contribution in [2.75, 3.05) is 0 Å². The molecule has 135 valence electrons. The van der Waals surface area contributed by atoms with Crippen LogP contribution >= 0.6 is 0 Å². The lowest BCUT2D eigenvalue weighted by Crippen LogP contribution is -2.37. The van der Waals surface area contributed by atoms with Gasteiger partial charge in [0.1, 0.15) is 12.0 Å². The molecule has 0 unspecified atom stereocenters. The van der Waals surface area contributed by atoms with Crippen molar-refractivity contribution in [3.8, 4) is 0 Å². The van der Waals surface area contributed by atoms with E-state index in [0.717, 1.165) is 5.56 Å². The van der Waals surface area contributed by atoms with Gasteiger partial charge < -0.3 is 4.74 Å². The third-order valence-electron chi connectivity index (χ3n) is 5.00. The predicted molar refractivity (Wildman–Crippen MR) is 104 cm³/mol. The zero-order valence-corrected chi connectivity index (χ0v) is 16.4. The Morgan fingerprint density at radius 3 is 1.88 bits per heavy atom. The van der Waals surface area contributed by atoms with Gasteiger partial charge in [-0.3, -0.25) is 4.79 Å². The molecule has 0 amide bonds. The van der Waals surface area contributed by atoms with Gasteiger partial charge in [-0.25, -0.2) is 0 Å². The lowest BCUT2D eigenvalue weighted by molar-refractivity contribution is -0.154. The smallest absolute Gasteiger partial charge is 0.320 e. The highest BCUT2D eigenvalue weighted by molar-refractivity contribution is 5.83. The molecule has 1 aliphatic carbocycles. The Morgan fingerprint density at radius 1 is 0.920 bits per heavy atom. The summed E-state index contributed by atoms with van der Waals surface area (Å²) in [6.45, 7) is 13.2. The molecule has 0 heterocycles. The minimum Gasteiger partial charge on any atom is -0.460 e. The van der Waals surface area contributed by atoms with E-state index in [-0.39, 0.29) is 11.9 Å². The molecule has 1 aromatic carbocycles. The summed E-state index contributed by atoms with van der Waals surface area (Å²) in [5.74, 6) is 0.729. The predicted octanol–water partition coefficient (Wildman–Crippen LogP) is 5.75. The van der Waals surface area contributed by atoms with Gasteiger partial charge in [-0.15, -0.1) is 0 Å². The van der Waals surface area contributed by atoms with Crippen LogP contribution in [0.4, 0.5) is 0 Å². The molecule has 1 aromatic rings. The van der Waals surface area contributed by atoms with Crippen LogP contribution in [0.5, 0.6) is 0 Å². The summed E-state index contributed by atoms with van der Waals surface area (Å²) < 4.78 is 5.75. The zero-order chi connectivity index (χ0) is 18.6. The fourth-order valence-electron chi connectivity index (χ4n) is 3.07. The van der Waals surface area contributed by atoms with Crippen LogP contribution in [-0.4, -0.2) is 5.97 Å². The number of carbonyl (C=O) groups excluding carboxylic acids is 1. The average Bonchev–Trinajstić information content (AvgIpc) is 2.59. The molecule has 25 heavy (non-hydrogen) atoms. The monoisotopic (exact) mass is 339 g/mol. The molecule has 2 heteroatoms. The van der Waals surface area contributed by atoms with Gasteiger partial charge in [0, 0.05) is 6.42 Å². The molecule has 0 atom stereocenters. The third kappa shape index (κ3) is 4.42. The Labute approximate surface area is 153 Å². The van der Waals surface area contributed by atoms with E-state index in [0.29, 0.717) is 18.4 Å². The molecule has 1 radical (unpaired) electrons. The summed E-state index contributed by atoms with van der Waals surface area (Å²) >= 11 is 0. The number of esters is 1. The fraction of sp³-hybridized carbons (Fsp3) is 0.478. The molecule has 0 spiro atoms. The third-order valence-corrected chi connectivity index (χ3v) is 5.00. The summed E-state index contributed by atoms with van der Waals surface area (Å²) in [7, 11) is 0. The van der Waals surface area contributed by atoms with E-state index in [1.807, 2.05) is 30.3 Å². The minimum absolute atomic E-state index is 0.131. The van der Waals surface area contributed by atoms with Crippen LogP contribution in [0.15, 0.2) is 53.6 Å². The number of hydrogen-bond acceptors (Lipinski definition) is 2. The van der Waals surface area contributed by atoms with Crippen LogP contribution < -0.4 is 0 Å². The summed E-state index contributed by atoms with van der Waals surface area (Å²) in [5.41, 5.74) is 2.76. The molecule has 0 aromatic heterocycles. The Hall–Kier alpha value is -1.83. The lowest BCUT2D eigenvalue weighted by atomic mass is 9.68. The topological polar surface area (TPSA) is 26.3 Å². The van der Waals surface area contributed by atoms with Crippen LogP contribution in [0.2, 0.25) is 0 Å². The van der Waals surface area contributed by atoms with E-state index in [1.54, 1.807) is 0 Å². The molecular formula is C23H31O2. The number of rotatable bonds is 6.